The van der Waals surface area contributed by atoms with Gasteiger partial charge in [0.15, 0.2) is 0 Å². The summed E-state index contributed by atoms with van der Waals surface area (Å²) in [5.74, 6) is -4.44. The number of carbonyl (C=O) groups is 6. The van der Waals surface area contributed by atoms with Crippen LogP contribution in [0.5, 0.6) is 0 Å². The van der Waals surface area contributed by atoms with Crippen molar-refractivity contribution < 1.29 is 69.6 Å². The third kappa shape index (κ3) is 21.3. The number of aromatic amines is 2. The Morgan fingerprint density at radius 1 is 0.687 bits per heavy atom. The molecule has 67 heavy (non-hydrogen) atoms. The van der Waals surface area contributed by atoms with Crippen LogP contribution in [0.4, 0.5) is 11.5 Å². The van der Waals surface area contributed by atoms with E-state index in [4.69, 9.17) is 41.5 Å². The number of aryl methyl sites for hydroxylation is 5. The molecule has 0 spiro atoms. The number of anilines is 2. The van der Waals surface area contributed by atoms with Crippen LogP contribution in [0.1, 0.15) is 86.5 Å². The molecule has 11 N–H and O–H groups in total. The summed E-state index contributed by atoms with van der Waals surface area (Å²) in [4.78, 5) is 75.2. The largest absolute Gasteiger partial charge is 0.481 e. The van der Waals surface area contributed by atoms with Gasteiger partial charge in [-0.15, -0.1) is 0 Å². The molecule has 0 aliphatic heterocycles. The van der Waals surface area contributed by atoms with Gasteiger partial charge in [0.05, 0.1) is 0 Å². The number of rotatable bonds is 7. The van der Waals surface area contributed by atoms with Crippen LogP contribution in [0.15, 0.2) is 91.1 Å². The second kappa shape index (κ2) is 28.2. The minimum Gasteiger partial charge on any atom is -0.481 e. The zero-order valence-electron chi connectivity index (χ0n) is 38.1. The fourth-order valence-electron chi connectivity index (χ4n) is 5.74. The third-order valence-corrected chi connectivity index (χ3v) is 9.68. The number of hydrogen-bond acceptors (Lipinski definition) is 10. The van der Waals surface area contributed by atoms with Gasteiger partial charge in [-0.1, -0.05) is 29.3 Å². The van der Waals surface area contributed by atoms with Gasteiger partial charge in [0.1, 0.15) is 11.5 Å². The first-order chi connectivity index (χ1) is 30.9. The zero-order chi connectivity index (χ0) is 49.8. The van der Waals surface area contributed by atoms with Crippen LogP contribution in [0.25, 0.3) is 21.8 Å². The average molecular weight is 1120 g/mol. The Balaban J connectivity index is 0.000000497. The molecule has 1 amide bonds. The Bertz CT molecular complexity index is 2790. The quantitative estimate of drug-likeness (QED) is 0.0315. The van der Waals surface area contributed by atoms with Crippen LogP contribution in [0.3, 0.4) is 0 Å². The van der Waals surface area contributed by atoms with E-state index in [1.54, 1.807) is 18.3 Å². The van der Waals surface area contributed by atoms with Gasteiger partial charge in [-0.3, -0.25) is 24.2 Å². The number of amides is 1. The van der Waals surface area contributed by atoms with Gasteiger partial charge in [-0.2, -0.15) is 0 Å². The Kier molecular flexibility index (Phi) is 24.4. The number of aromatic nitrogens is 4. The molecule has 0 radical (unpaired) electrons. The number of aliphatic carboxylic acids is 3. The van der Waals surface area contributed by atoms with E-state index in [1.165, 1.54) is 16.5 Å². The molecule has 4 heterocycles. The van der Waals surface area contributed by atoms with Gasteiger partial charge in [0, 0.05) is 109 Å². The standard InChI is InChI=1S/C24H25N5O.C10H9NO2.C7H8IN.C3H4O3.2C2H4O2.Pd/c1-14-4-5-22-18(8-14)11-20(29-22)12-19-10-17(6-7-26-19)24(30)27-13-21-15(2)9-23(25)28-16(21)3;1-6-2-3-8-7(4-6)5-9(11-8)10(12)13;1-5-2-3-7(9)6(8)4-5;1-2(4)3(5)6;2*1-2(3)4;/h4-11,29H,12-13H2,1-3H3,(H2,25,28)(H,27,30);2-5,11H,1H3,(H,12,13);2-4H,9H2,1H3;1H3,(H,5,6);2*1H3,(H,3,4);. The number of nitrogen functional groups attached to an aromatic ring is 2. The van der Waals surface area contributed by atoms with Crippen molar-refractivity contribution in [1.29, 1.82) is 0 Å². The van der Waals surface area contributed by atoms with Crippen LogP contribution in [-0.2, 0) is 52.6 Å². The minimum absolute atomic E-state index is 0. The maximum Gasteiger partial charge on any atom is 0.371 e. The molecule has 0 bridgehead atoms. The minimum atomic E-state index is -1.38. The van der Waals surface area contributed by atoms with Crippen molar-refractivity contribution in [1.82, 2.24) is 25.3 Å². The van der Waals surface area contributed by atoms with Crippen LogP contribution < -0.4 is 16.8 Å². The molecule has 4 aromatic heterocycles. The van der Waals surface area contributed by atoms with Crippen LogP contribution in [-0.4, -0.2) is 75.9 Å². The number of ketones is 1. The number of Topliss-reactive ketones (excluding diaryl/α,β-unsaturated/α-hetero) is 1. The van der Waals surface area contributed by atoms with Gasteiger partial charge in [0.25, 0.3) is 17.8 Å². The number of pyridine rings is 2. The summed E-state index contributed by atoms with van der Waals surface area (Å²) in [5, 5.41) is 36.3. The summed E-state index contributed by atoms with van der Waals surface area (Å²) in [5.41, 5.74) is 23.4. The summed E-state index contributed by atoms with van der Waals surface area (Å²) in [6.07, 6.45) is 2.31. The van der Waals surface area contributed by atoms with Gasteiger partial charge >= 0.3 is 11.9 Å². The van der Waals surface area contributed by atoms with Crippen LogP contribution >= 0.6 is 22.6 Å². The molecular weight excluding hydrogens is 1070 g/mol. The van der Waals surface area contributed by atoms with E-state index >= 15 is 0 Å². The Labute approximate surface area is 414 Å². The van der Waals surface area contributed by atoms with E-state index in [2.05, 4.69) is 92.0 Å². The van der Waals surface area contributed by atoms with Crippen LogP contribution in [0, 0.1) is 38.2 Å². The summed E-state index contributed by atoms with van der Waals surface area (Å²) in [7, 11) is 0. The molecule has 0 fully saturated rings. The average Bonchev–Trinajstić information content (AvgIpc) is 3.82. The molecule has 0 unspecified atom stereocenters. The summed E-state index contributed by atoms with van der Waals surface area (Å²) in [6.45, 7) is 13.6. The van der Waals surface area contributed by atoms with Crippen molar-refractivity contribution in [3.05, 3.63) is 151 Å². The second-order valence-electron chi connectivity index (χ2n) is 14.7. The predicted molar refractivity (Wildman–Crippen MR) is 263 cm³/mol. The summed E-state index contributed by atoms with van der Waals surface area (Å²) >= 11 is 2.22. The van der Waals surface area contributed by atoms with E-state index in [0.717, 1.165) is 80.2 Å². The molecule has 0 aliphatic carbocycles. The second-order valence-corrected chi connectivity index (χ2v) is 15.9. The zero-order valence-corrected chi connectivity index (χ0v) is 41.8. The first-order valence-electron chi connectivity index (χ1n) is 19.9. The molecule has 3 aromatic carbocycles. The van der Waals surface area contributed by atoms with E-state index in [1.807, 2.05) is 63.2 Å². The van der Waals surface area contributed by atoms with E-state index in [-0.39, 0.29) is 32.0 Å². The van der Waals surface area contributed by atoms with E-state index in [0.29, 0.717) is 24.3 Å². The molecule has 0 aliphatic rings. The third-order valence-electron chi connectivity index (χ3n) is 8.75. The molecule has 7 aromatic rings. The number of H-pyrrole nitrogens is 2. The van der Waals surface area contributed by atoms with Crippen molar-refractivity contribution in [2.45, 2.75) is 68.4 Å². The molecule has 0 saturated heterocycles. The van der Waals surface area contributed by atoms with Gasteiger partial charge in [0.2, 0.25) is 5.78 Å². The number of hydrogen-bond donors (Lipinski definition) is 9. The molecule has 7 rings (SSSR count). The molecule has 0 atom stereocenters. The normalized spacial score (nSPS) is 9.69. The number of nitrogens with two attached hydrogens (primary N) is 2. The topological polar surface area (TPSA) is 305 Å². The SMILES string of the molecule is CC(=O)C(=O)O.CC(=O)O.CC(=O)O.Cc1ccc(N)c(I)c1.Cc1ccc2[nH]c(C(=O)O)cc2c1.Cc1ccc2[nH]c(Cc3cc(C(=O)NCc4c(C)cc(N)nc4C)ccn3)cc2c1.[Pd]. The predicted octanol–water partition coefficient (Wildman–Crippen LogP) is 8.18. The van der Waals surface area contributed by atoms with Crippen molar-refractivity contribution in [3.8, 4) is 0 Å². The van der Waals surface area contributed by atoms with Crippen molar-refractivity contribution in [2.75, 3.05) is 11.5 Å². The maximum atomic E-state index is 12.7. The first-order valence-corrected chi connectivity index (χ1v) is 21.0. The van der Waals surface area contributed by atoms with Crippen LogP contribution in [0.2, 0.25) is 0 Å². The fraction of sp³-hybridized carbons (Fsp3) is 0.208. The molecule has 358 valence electrons. The number of carbonyl (C=O) groups excluding carboxylic acids is 2. The molecule has 17 nitrogen and oxygen atoms in total. The van der Waals surface area contributed by atoms with E-state index in [9.17, 15) is 19.2 Å². The number of benzene rings is 3. The number of fused-ring (bicyclic) bond motifs is 2. The summed E-state index contributed by atoms with van der Waals surface area (Å²) < 4.78 is 1.13. The maximum absolute atomic E-state index is 12.7. The number of nitrogens with one attached hydrogen (secondary N) is 3. The Morgan fingerprint density at radius 3 is 1.69 bits per heavy atom. The monoisotopic (exact) mass is 1120 g/mol. The molecule has 0 saturated carbocycles. The number of halogens is 1. The van der Waals surface area contributed by atoms with Crippen molar-refractivity contribution in [3.63, 3.8) is 0 Å². The van der Waals surface area contributed by atoms with Gasteiger partial charge < -0.3 is 47.2 Å². The molecular formula is C48H54IN7O10Pd. The van der Waals surface area contributed by atoms with E-state index < -0.39 is 29.7 Å². The molecule has 19 heteroatoms. The van der Waals surface area contributed by atoms with Gasteiger partial charge in [-0.05, 0) is 146 Å². The smallest absolute Gasteiger partial charge is 0.371 e. The first kappa shape index (κ1) is 58.1. The summed E-state index contributed by atoms with van der Waals surface area (Å²) in [6, 6.07) is 27.3. The number of carboxylic acids is 4. The Hall–Kier alpha value is -6.95. The van der Waals surface area contributed by atoms with Gasteiger partial charge in [-0.25, -0.2) is 14.6 Å². The number of carboxylic acid groups (broad SMARTS) is 4. The number of aromatic carboxylic acids is 1. The fourth-order valence-corrected chi connectivity index (χ4v) is 6.41. The van der Waals surface area contributed by atoms with Crippen molar-refractivity contribution >= 4 is 91.5 Å². The Morgan fingerprint density at radius 2 is 1.19 bits per heavy atom. The van der Waals surface area contributed by atoms with Crippen molar-refractivity contribution in [2.24, 2.45) is 0 Å². The number of nitrogens with zero attached hydrogens (tertiary/aromatic N) is 2.